The predicted molar refractivity (Wildman–Crippen MR) is 91.5 cm³/mol. The molecule has 122 valence electrons. The number of nitrogens with one attached hydrogen (secondary N) is 1. The van der Waals surface area contributed by atoms with Crippen molar-refractivity contribution in [1.82, 2.24) is 14.6 Å². The number of nitrogens with zero attached hydrogens (tertiary/aromatic N) is 3. The van der Waals surface area contributed by atoms with Crippen LogP contribution in [0.3, 0.4) is 0 Å². The molecule has 24 heavy (non-hydrogen) atoms. The lowest BCUT2D eigenvalue weighted by molar-refractivity contribution is 0.0987. The molecule has 3 heterocycles. The van der Waals surface area contributed by atoms with Gasteiger partial charge in [0.05, 0.1) is 5.56 Å². The van der Waals surface area contributed by atoms with Gasteiger partial charge in [-0.2, -0.15) is 5.10 Å². The summed E-state index contributed by atoms with van der Waals surface area (Å²) in [4.78, 5) is 26.6. The maximum absolute atomic E-state index is 13.0. The second-order valence-corrected chi connectivity index (χ2v) is 6.50. The summed E-state index contributed by atoms with van der Waals surface area (Å²) >= 11 is 0. The molecule has 3 aromatic rings. The second-order valence-electron chi connectivity index (χ2n) is 6.50. The minimum atomic E-state index is -0.346. The lowest BCUT2D eigenvalue weighted by Gasteiger charge is -2.19. The van der Waals surface area contributed by atoms with Crippen molar-refractivity contribution in [3.63, 3.8) is 0 Å². The quantitative estimate of drug-likeness (QED) is 0.787. The van der Waals surface area contributed by atoms with Crippen molar-refractivity contribution in [2.75, 3.05) is 11.4 Å². The largest absolute Gasteiger partial charge is 0.347 e. The van der Waals surface area contributed by atoms with Crippen LogP contribution in [0.25, 0.3) is 5.65 Å². The van der Waals surface area contributed by atoms with Gasteiger partial charge in [0.1, 0.15) is 0 Å². The first-order valence-corrected chi connectivity index (χ1v) is 8.04. The average molecular weight is 322 g/mol. The fraction of sp³-hybridized carbons (Fsp3) is 0.278. The molecule has 2 aromatic heterocycles. The van der Waals surface area contributed by atoms with E-state index in [1.54, 1.807) is 18.3 Å². The molecule has 1 unspecified atom stereocenters. The zero-order chi connectivity index (χ0) is 16.8. The lowest BCUT2D eigenvalue weighted by atomic mass is 9.90. The van der Waals surface area contributed by atoms with Crippen LogP contribution in [0.15, 0.2) is 47.4 Å². The van der Waals surface area contributed by atoms with E-state index in [2.05, 4.69) is 30.1 Å². The van der Waals surface area contributed by atoms with E-state index >= 15 is 0 Å². The van der Waals surface area contributed by atoms with Gasteiger partial charge in [-0.15, -0.1) is 0 Å². The molecule has 0 saturated carbocycles. The second kappa shape index (κ2) is 5.33. The number of H-pyrrole nitrogens is 1. The van der Waals surface area contributed by atoms with Gasteiger partial charge in [0.15, 0.2) is 5.65 Å². The maximum Gasteiger partial charge on any atom is 0.347 e. The molecule has 1 atom stereocenters. The van der Waals surface area contributed by atoms with Crippen molar-refractivity contribution in [3.8, 4) is 0 Å². The van der Waals surface area contributed by atoms with Gasteiger partial charge in [0.2, 0.25) is 0 Å². The molecule has 0 spiro atoms. The number of amides is 1. The van der Waals surface area contributed by atoms with Gasteiger partial charge in [0.25, 0.3) is 5.91 Å². The van der Waals surface area contributed by atoms with E-state index in [1.807, 2.05) is 23.1 Å². The third-order valence-electron chi connectivity index (χ3n) is 4.71. The van der Waals surface area contributed by atoms with Crippen LogP contribution in [0, 0.1) is 5.92 Å². The number of rotatable bonds is 2. The highest BCUT2D eigenvalue weighted by Gasteiger charge is 2.34. The van der Waals surface area contributed by atoms with E-state index in [0.29, 0.717) is 29.6 Å². The first-order chi connectivity index (χ1) is 11.6. The summed E-state index contributed by atoms with van der Waals surface area (Å²) < 4.78 is 1.36. The summed E-state index contributed by atoms with van der Waals surface area (Å²) in [5, 5.41) is 6.27. The number of benzene rings is 1. The Bertz CT molecular complexity index is 986. The van der Waals surface area contributed by atoms with E-state index in [1.165, 1.54) is 9.96 Å². The summed E-state index contributed by atoms with van der Waals surface area (Å²) in [7, 11) is 0. The molecule has 6 nitrogen and oxygen atoms in total. The van der Waals surface area contributed by atoms with Crippen LogP contribution < -0.4 is 10.6 Å². The van der Waals surface area contributed by atoms with E-state index in [0.717, 1.165) is 5.69 Å². The fourth-order valence-electron chi connectivity index (χ4n) is 3.39. The highest BCUT2D eigenvalue weighted by Crippen LogP contribution is 2.40. The van der Waals surface area contributed by atoms with Crippen LogP contribution in [0.4, 0.5) is 5.69 Å². The number of aromatic amines is 1. The average Bonchev–Trinajstić information content (AvgIpc) is 3.15. The lowest BCUT2D eigenvalue weighted by Crippen LogP contribution is -2.31. The van der Waals surface area contributed by atoms with E-state index in [-0.39, 0.29) is 11.6 Å². The van der Waals surface area contributed by atoms with Crippen LogP contribution in [0.2, 0.25) is 0 Å². The molecule has 0 aliphatic carbocycles. The van der Waals surface area contributed by atoms with Gasteiger partial charge in [-0.25, -0.2) is 14.3 Å². The minimum Gasteiger partial charge on any atom is -0.307 e. The monoisotopic (exact) mass is 322 g/mol. The number of anilines is 1. The van der Waals surface area contributed by atoms with Crippen molar-refractivity contribution in [3.05, 3.63) is 64.2 Å². The molecular formula is C18H18N4O2. The number of fused-ring (bicyclic) bond motifs is 2. The Labute approximate surface area is 138 Å². The number of hydrogen-bond donors (Lipinski definition) is 1. The minimum absolute atomic E-state index is 0.0967. The van der Waals surface area contributed by atoms with Crippen LogP contribution in [0.5, 0.6) is 0 Å². The number of carbonyl (C=O) groups excluding carboxylic acids is 1. The zero-order valence-electron chi connectivity index (χ0n) is 13.6. The SMILES string of the molecule is CC(C)C1CN(C(=O)c2ccc3n[nH]c(=O)n3c2)c2ccccc21. The highest BCUT2D eigenvalue weighted by molar-refractivity contribution is 6.07. The van der Waals surface area contributed by atoms with Crippen LogP contribution in [-0.2, 0) is 0 Å². The number of hydrogen-bond acceptors (Lipinski definition) is 3. The number of carbonyl (C=O) groups is 1. The van der Waals surface area contributed by atoms with Gasteiger partial charge in [-0.1, -0.05) is 32.0 Å². The molecule has 0 radical (unpaired) electrons. The summed E-state index contributed by atoms with van der Waals surface area (Å²) in [6.07, 6.45) is 1.55. The first-order valence-electron chi connectivity index (χ1n) is 8.04. The molecule has 0 bridgehead atoms. The highest BCUT2D eigenvalue weighted by atomic mass is 16.2. The smallest absolute Gasteiger partial charge is 0.307 e. The Morgan fingerprint density at radius 3 is 2.83 bits per heavy atom. The third-order valence-corrected chi connectivity index (χ3v) is 4.71. The Hall–Kier alpha value is -2.89. The summed E-state index contributed by atoms with van der Waals surface area (Å²) in [5.41, 5.74) is 2.80. The normalized spacial score (nSPS) is 16.8. The molecule has 1 aliphatic rings. The van der Waals surface area contributed by atoms with Crippen LogP contribution >= 0.6 is 0 Å². The molecule has 4 rings (SSSR count). The summed E-state index contributed by atoms with van der Waals surface area (Å²) in [5.74, 6) is 0.675. The number of aromatic nitrogens is 3. The molecule has 6 heteroatoms. The van der Waals surface area contributed by atoms with Crippen molar-refractivity contribution in [2.24, 2.45) is 5.92 Å². The Morgan fingerprint density at radius 1 is 1.25 bits per heavy atom. The molecule has 0 saturated heterocycles. The fourth-order valence-corrected chi connectivity index (χ4v) is 3.39. The van der Waals surface area contributed by atoms with Gasteiger partial charge >= 0.3 is 5.69 Å². The Balaban J connectivity index is 1.76. The topological polar surface area (TPSA) is 70.5 Å². The van der Waals surface area contributed by atoms with Crippen molar-refractivity contribution < 1.29 is 4.79 Å². The van der Waals surface area contributed by atoms with E-state index in [9.17, 15) is 9.59 Å². The number of para-hydroxylation sites is 1. The van der Waals surface area contributed by atoms with Gasteiger partial charge in [-0.05, 0) is 29.7 Å². The van der Waals surface area contributed by atoms with E-state index < -0.39 is 0 Å². The molecule has 1 amide bonds. The van der Waals surface area contributed by atoms with Crippen LogP contribution in [0.1, 0.15) is 35.7 Å². The Kier molecular flexibility index (Phi) is 3.26. The van der Waals surface area contributed by atoms with Gasteiger partial charge in [-0.3, -0.25) is 4.79 Å². The maximum atomic E-state index is 13.0. The molecule has 1 aromatic carbocycles. The summed E-state index contributed by atoms with van der Waals surface area (Å²) in [6.45, 7) is 5.01. The van der Waals surface area contributed by atoms with Crippen molar-refractivity contribution >= 4 is 17.2 Å². The predicted octanol–water partition coefficient (Wildman–Crippen LogP) is 2.42. The zero-order valence-corrected chi connectivity index (χ0v) is 13.6. The molecule has 0 fully saturated rings. The summed E-state index contributed by atoms with van der Waals surface area (Å²) in [6, 6.07) is 11.4. The van der Waals surface area contributed by atoms with Crippen LogP contribution in [-0.4, -0.2) is 27.0 Å². The van der Waals surface area contributed by atoms with Gasteiger partial charge < -0.3 is 4.90 Å². The molecule has 1 aliphatic heterocycles. The molecule has 1 N–H and O–H groups in total. The first kappa shape index (κ1) is 14.7. The van der Waals surface area contributed by atoms with Gasteiger partial charge in [0, 0.05) is 24.3 Å². The Morgan fingerprint density at radius 2 is 2.04 bits per heavy atom. The van der Waals surface area contributed by atoms with Crippen molar-refractivity contribution in [2.45, 2.75) is 19.8 Å². The van der Waals surface area contributed by atoms with Crippen molar-refractivity contribution in [1.29, 1.82) is 0 Å². The third kappa shape index (κ3) is 2.14. The molecular weight excluding hydrogens is 304 g/mol. The number of pyridine rings is 1. The van der Waals surface area contributed by atoms with E-state index in [4.69, 9.17) is 0 Å². The standard InChI is InChI=1S/C18H18N4O2/c1-11(2)14-10-21(15-6-4-3-5-13(14)15)17(23)12-7-8-16-19-20-18(24)22(16)9-12/h3-9,11,14H,10H2,1-2H3,(H,20,24).